The van der Waals surface area contributed by atoms with E-state index in [1.165, 1.54) is 17.5 Å². The summed E-state index contributed by atoms with van der Waals surface area (Å²) in [5.41, 5.74) is 8.40. The van der Waals surface area contributed by atoms with Gasteiger partial charge in [0.05, 0.1) is 11.8 Å². The summed E-state index contributed by atoms with van der Waals surface area (Å²) in [5, 5.41) is 17.2. The molecule has 2 aliphatic rings. The molecule has 12 nitrogen and oxygen atoms in total. The Balaban J connectivity index is 1.38. The minimum atomic E-state index is -3.53. The fourth-order valence-corrected chi connectivity index (χ4v) is 5.20. The second-order valence-corrected chi connectivity index (χ2v) is 10.4. The molecule has 0 bridgehead atoms. The Morgan fingerprint density at radius 3 is 2.83 bits per heavy atom. The van der Waals surface area contributed by atoms with Crippen LogP contribution in [0.1, 0.15) is 5.56 Å². The molecular formula is C22H26FN7O5S. The van der Waals surface area contributed by atoms with E-state index in [1.807, 2.05) is 6.92 Å². The Kier molecular flexibility index (Phi) is 6.30. The average molecular weight is 520 g/mol. The lowest BCUT2D eigenvalue weighted by Gasteiger charge is -2.38. The molecule has 6 N–H and O–H groups in total. The molecule has 0 spiro atoms. The highest BCUT2D eigenvalue weighted by molar-refractivity contribution is 7.87. The van der Waals surface area contributed by atoms with Crippen LogP contribution in [0.5, 0.6) is 5.88 Å². The Labute approximate surface area is 206 Å². The van der Waals surface area contributed by atoms with Crippen molar-refractivity contribution in [1.82, 2.24) is 19.0 Å². The van der Waals surface area contributed by atoms with E-state index in [2.05, 4.69) is 25.3 Å². The minimum Gasteiger partial charge on any atom is -0.474 e. The molecule has 36 heavy (non-hydrogen) atoms. The first kappa shape index (κ1) is 24.4. The van der Waals surface area contributed by atoms with E-state index in [4.69, 9.17) is 15.2 Å². The highest BCUT2D eigenvalue weighted by atomic mass is 32.2. The van der Waals surface area contributed by atoms with Gasteiger partial charge in [-0.2, -0.15) is 12.7 Å². The number of rotatable bonds is 7. The van der Waals surface area contributed by atoms with Crippen molar-refractivity contribution in [3.05, 3.63) is 35.9 Å². The van der Waals surface area contributed by atoms with Crippen LogP contribution in [0.4, 0.5) is 21.6 Å². The minimum absolute atomic E-state index is 0.0556. The number of nitrogens with one attached hydrogen (secondary N) is 3. The van der Waals surface area contributed by atoms with E-state index in [-0.39, 0.29) is 30.2 Å². The normalized spacial score (nSPS) is 17.1. The molecule has 1 unspecified atom stereocenters. The topological polar surface area (TPSA) is 164 Å². The van der Waals surface area contributed by atoms with Crippen molar-refractivity contribution in [1.29, 1.82) is 0 Å². The maximum absolute atomic E-state index is 15.3. The molecule has 1 fully saturated rings. The molecule has 4 heterocycles. The number of hydrogen-bond acceptors (Lipinski definition) is 10. The molecule has 0 amide bonds. The van der Waals surface area contributed by atoms with Gasteiger partial charge in [-0.3, -0.25) is 0 Å². The summed E-state index contributed by atoms with van der Waals surface area (Å²) in [7, 11) is -2.20. The standard InChI is InChI=1S/C22H26FN7O5S/c1-11-15(7-28-21-20(11)26-3-4-34-21)14-5-12-6-17(27-8-16(12)19(24)18(14)23)29-22(31)35-13-9-30(10-13)36(32,33)25-2/h5-8,13,22,25-26,31H,3-4,9-10,24H2,1-2H3,(H,27,29). The molecule has 3 aromatic rings. The van der Waals surface area contributed by atoms with E-state index in [1.54, 1.807) is 18.3 Å². The average Bonchev–Trinajstić information content (AvgIpc) is 2.84. The first-order valence-electron chi connectivity index (χ1n) is 11.2. The lowest BCUT2D eigenvalue weighted by atomic mass is 9.97. The quantitative estimate of drug-likeness (QED) is 0.225. The summed E-state index contributed by atoms with van der Waals surface area (Å²) in [4.78, 5) is 8.51. The molecule has 0 aliphatic carbocycles. The molecule has 5 rings (SSSR count). The number of aromatic nitrogens is 2. The molecule has 192 valence electrons. The summed E-state index contributed by atoms with van der Waals surface area (Å²) in [6, 6.07) is 3.26. The molecule has 1 atom stereocenters. The van der Waals surface area contributed by atoms with Gasteiger partial charge in [0.15, 0.2) is 5.82 Å². The Morgan fingerprint density at radius 1 is 1.31 bits per heavy atom. The molecule has 1 aromatic carbocycles. The SMILES string of the molecule is CNS(=O)(=O)N1CC(OC(O)Nc2cc3cc(-c4cnc5c(c4C)NCCO5)c(F)c(N)c3cn2)C1. The number of aliphatic hydroxyl groups is 1. The third-order valence-corrected chi connectivity index (χ3v) is 7.73. The van der Waals surface area contributed by atoms with Gasteiger partial charge < -0.3 is 30.9 Å². The second kappa shape index (κ2) is 9.29. The van der Waals surface area contributed by atoms with E-state index in [9.17, 15) is 13.5 Å². The van der Waals surface area contributed by atoms with Gasteiger partial charge in [-0.1, -0.05) is 0 Å². The molecule has 1 saturated heterocycles. The highest BCUT2D eigenvalue weighted by Gasteiger charge is 2.37. The van der Waals surface area contributed by atoms with Gasteiger partial charge in [-0.25, -0.2) is 19.1 Å². The number of nitrogens with two attached hydrogens (primary N) is 1. The van der Waals surface area contributed by atoms with Crippen molar-refractivity contribution in [2.24, 2.45) is 0 Å². The maximum Gasteiger partial charge on any atom is 0.279 e. The highest BCUT2D eigenvalue weighted by Crippen LogP contribution is 2.39. The zero-order valence-electron chi connectivity index (χ0n) is 19.6. The molecule has 2 aromatic heterocycles. The number of hydrogen-bond donors (Lipinski definition) is 5. The van der Waals surface area contributed by atoms with Crippen LogP contribution in [-0.2, 0) is 14.9 Å². The fraction of sp³-hybridized carbons (Fsp3) is 0.364. The van der Waals surface area contributed by atoms with Crippen LogP contribution in [0.2, 0.25) is 0 Å². The molecule has 2 aliphatic heterocycles. The molecule has 14 heteroatoms. The van der Waals surface area contributed by atoms with Crippen LogP contribution in [0.15, 0.2) is 24.5 Å². The van der Waals surface area contributed by atoms with E-state index >= 15 is 4.39 Å². The van der Waals surface area contributed by atoms with Crippen molar-refractivity contribution < 1.29 is 27.4 Å². The van der Waals surface area contributed by atoms with Gasteiger partial charge in [0.1, 0.15) is 18.1 Å². The Bertz CT molecular complexity index is 1430. The first-order valence-corrected chi connectivity index (χ1v) is 12.6. The van der Waals surface area contributed by atoms with E-state index < -0.39 is 28.5 Å². The van der Waals surface area contributed by atoms with Crippen molar-refractivity contribution in [2.75, 3.05) is 49.7 Å². The van der Waals surface area contributed by atoms with Crippen molar-refractivity contribution in [3.8, 4) is 17.0 Å². The summed E-state index contributed by atoms with van der Waals surface area (Å²) in [5.74, 6) is 0.154. The van der Waals surface area contributed by atoms with Crippen molar-refractivity contribution in [2.45, 2.75) is 19.4 Å². The largest absolute Gasteiger partial charge is 0.474 e. The number of aliphatic hydroxyl groups excluding tert-OH is 1. The monoisotopic (exact) mass is 519 g/mol. The predicted molar refractivity (Wildman–Crippen MR) is 132 cm³/mol. The summed E-state index contributed by atoms with van der Waals surface area (Å²) < 4.78 is 53.2. The van der Waals surface area contributed by atoms with E-state index in [0.29, 0.717) is 41.1 Å². The third-order valence-electron chi connectivity index (χ3n) is 6.24. The fourth-order valence-electron chi connectivity index (χ4n) is 4.22. The third kappa shape index (κ3) is 4.37. The van der Waals surface area contributed by atoms with Gasteiger partial charge in [0.25, 0.3) is 10.2 Å². The summed E-state index contributed by atoms with van der Waals surface area (Å²) >= 11 is 0. The smallest absolute Gasteiger partial charge is 0.279 e. The van der Waals surface area contributed by atoms with Crippen LogP contribution in [-0.4, -0.2) is 73.6 Å². The van der Waals surface area contributed by atoms with Crippen LogP contribution >= 0.6 is 0 Å². The number of pyridine rings is 2. The van der Waals surface area contributed by atoms with Gasteiger partial charge >= 0.3 is 0 Å². The first-order chi connectivity index (χ1) is 17.2. The number of nitrogens with zero attached hydrogens (tertiary/aromatic N) is 3. The number of halogens is 1. The lowest BCUT2D eigenvalue weighted by molar-refractivity contribution is -0.146. The number of fused-ring (bicyclic) bond motifs is 2. The zero-order valence-corrected chi connectivity index (χ0v) is 20.4. The number of benzene rings is 1. The Morgan fingerprint density at radius 2 is 2.08 bits per heavy atom. The van der Waals surface area contributed by atoms with Crippen LogP contribution in [0, 0.1) is 12.7 Å². The maximum atomic E-state index is 15.3. The lowest BCUT2D eigenvalue weighted by Crippen LogP contribution is -2.58. The summed E-state index contributed by atoms with van der Waals surface area (Å²) in [6.07, 6.45) is 1.04. The summed E-state index contributed by atoms with van der Waals surface area (Å²) in [6.45, 7) is 3.20. The number of nitrogen functional groups attached to an aromatic ring is 1. The van der Waals surface area contributed by atoms with Gasteiger partial charge in [-0.05, 0) is 30.0 Å². The van der Waals surface area contributed by atoms with Gasteiger partial charge in [0.2, 0.25) is 12.3 Å². The van der Waals surface area contributed by atoms with Crippen LogP contribution < -0.4 is 25.8 Å². The number of ether oxygens (including phenoxy) is 2. The van der Waals surface area contributed by atoms with E-state index in [0.717, 1.165) is 5.56 Å². The molecule has 0 radical (unpaired) electrons. The van der Waals surface area contributed by atoms with Gasteiger partial charge in [-0.15, -0.1) is 0 Å². The predicted octanol–water partition coefficient (Wildman–Crippen LogP) is 0.984. The van der Waals surface area contributed by atoms with Crippen LogP contribution in [0.25, 0.3) is 21.9 Å². The zero-order chi connectivity index (χ0) is 25.6. The van der Waals surface area contributed by atoms with Crippen molar-refractivity contribution >= 4 is 38.2 Å². The van der Waals surface area contributed by atoms with Crippen LogP contribution in [0.3, 0.4) is 0 Å². The second-order valence-electron chi connectivity index (χ2n) is 8.48. The number of anilines is 3. The van der Waals surface area contributed by atoms with Crippen molar-refractivity contribution in [3.63, 3.8) is 0 Å². The molecule has 0 saturated carbocycles. The Hall–Kier alpha value is -3.30. The van der Waals surface area contributed by atoms with Gasteiger partial charge in [0, 0.05) is 55.6 Å². The molecular weight excluding hydrogens is 493 g/mol.